The van der Waals surface area contributed by atoms with Gasteiger partial charge in [0.15, 0.2) is 6.61 Å². The Hall–Kier alpha value is -3.42. The summed E-state index contributed by atoms with van der Waals surface area (Å²) in [6, 6.07) is 25.1. The lowest BCUT2D eigenvalue weighted by Crippen LogP contribution is -2.30. The maximum atomic E-state index is 12.9. The number of nitrogens with one attached hydrogen (secondary N) is 1. The molecular formula is C28H26N2O3S2. The number of carbonyl (C=O) groups excluding carboxylic acids is 2. The molecule has 1 heterocycles. The van der Waals surface area contributed by atoms with E-state index in [-0.39, 0.29) is 18.4 Å². The zero-order valence-corrected chi connectivity index (χ0v) is 21.0. The highest BCUT2D eigenvalue weighted by molar-refractivity contribution is 8.26. The van der Waals surface area contributed by atoms with Gasteiger partial charge in [-0.2, -0.15) is 0 Å². The van der Waals surface area contributed by atoms with Gasteiger partial charge in [0.25, 0.3) is 11.8 Å². The molecule has 0 saturated carbocycles. The van der Waals surface area contributed by atoms with Gasteiger partial charge in [0, 0.05) is 12.2 Å². The van der Waals surface area contributed by atoms with E-state index in [4.69, 9.17) is 17.0 Å². The molecule has 3 aromatic carbocycles. The van der Waals surface area contributed by atoms with Crippen molar-refractivity contribution in [3.8, 4) is 5.75 Å². The van der Waals surface area contributed by atoms with Crippen molar-refractivity contribution >= 4 is 51.9 Å². The average Bonchev–Trinajstić information content (AvgIpc) is 3.15. The van der Waals surface area contributed by atoms with Crippen molar-refractivity contribution in [3.63, 3.8) is 0 Å². The Bertz CT molecular complexity index is 1240. The lowest BCUT2D eigenvalue weighted by atomic mass is 10.1. The maximum absolute atomic E-state index is 12.9. The predicted molar refractivity (Wildman–Crippen MR) is 146 cm³/mol. The van der Waals surface area contributed by atoms with Crippen LogP contribution in [0.3, 0.4) is 0 Å². The average molecular weight is 503 g/mol. The van der Waals surface area contributed by atoms with Gasteiger partial charge in [0.1, 0.15) is 10.1 Å². The van der Waals surface area contributed by atoms with E-state index < -0.39 is 0 Å². The molecule has 0 aliphatic carbocycles. The third kappa shape index (κ3) is 6.59. The summed E-state index contributed by atoms with van der Waals surface area (Å²) in [6.45, 7) is 2.52. The number of thioether (sulfide) groups is 1. The molecule has 35 heavy (non-hydrogen) atoms. The second-order valence-corrected chi connectivity index (χ2v) is 9.66. The Morgan fingerprint density at radius 2 is 1.74 bits per heavy atom. The summed E-state index contributed by atoms with van der Waals surface area (Å²) in [6.07, 6.45) is 3.43. The van der Waals surface area contributed by atoms with Gasteiger partial charge in [-0.3, -0.25) is 14.5 Å². The largest absolute Gasteiger partial charge is 0.484 e. The van der Waals surface area contributed by atoms with Crippen molar-refractivity contribution in [2.45, 2.75) is 19.8 Å². The molecule has 0 bridgehead atoms. The van der Waals surface area contributed by atoms with Crippen molar-refractivity contribution in [3.05, 3.63) is 100 Å². The number of thiocarbonyl (C=S) groups is 1. The fourth-order valence-corrected chi connectivity index (χ4v) is 4.98. The highest BCUT2D eigenvalue weighted by atomic mass is 32.2. The number of hydrogen-bond acceptors (Lipinski definition) is 5. The molecule has 0 aromatic heterocycles. The quantitative estimate of drug-likeness (QED) is 0.300. The number of aryl methyl sites for hydroxylation is 1. The van der Waals surface area contributed by atoms with Crippen LogP contribution < -0.4 is 10.1 Å². The van der Waals surface area contributed by atoms with Crippen molar-refractivity contribution in [1.82, 2.24) is 4.90 Å². The van der Waals surface area contributed by atoms with Crippen molar-refractivity contribution < 1.29 is 14.3 Å². The second-order valence-electron chi connectivity index (χ2n) is 7.99. The van der Waals surface area contributed by atoms with E-state index >= 15 is 0 Å². The fourth-order valence-electron chi connectivity index (χ4n) is 3.68. The lowest BCUT2D eigenvalue weighted by Gasteiger charge is -2.14. The number of hydrogen-bond donors (Lipinski definition) is 1. The predicted octanol–water partition coefficient (Wildman–Crippen LogP) is 5.71. The first-order chi connectivity index (χ1) is 17.0. The van der Waals surface area contributed by atoms with E-state index in [0.29, 0.717) is 21.5 Å². The van der Waals surface area contributed by atoms with Gasteiger partial charge in [-0.15, -0.1) is 0 Å². The van der Waals surface area contributed by atoms with Crippen LogP contribution in [-0.2, 0) is 22.4 Å². The first-order valence-electron chi connectivity index (χ1n) is 11.4. The molecule has 0 atom stereocenters. The van der Waals surface area contributed by atoms with E-state index in [0.717, 1.165) is 29.7 Å². The van der Waals surface area contributed by atoms with E-state index in [9.17, 15) is 9.59 Å². The normalized spacial score (nSPS) is 14.4. The Morgan fingerprint density at radius 3 is 2.49 bits per heavy atom. The molecule has 4 rings (SSSR count). The van der Waals surface area contributed by atoms with Crippen molar-refractivity contribution in [2.24, 2.45) is 0 Å². The summed E-state index contributed by atoms with van der Waals surface area (Å²) in [5.41, 5.74) is 3.92. The maximum Gasteiger partial charge on any atom is 0.266 e. The van der Waals surface area contributed by atoms with Gasteiger partial charge >= 0.3 is 0 Å². The molecule has 1 aliphatic rings. The minimum absolute atomic E-state index is 0.0692. The molecule has 0 unspecified atom stereocenters. The second kappa shape index (κ2) is 11.8. The van der Waals surface area contributed by atoms with Crippen LogP contribution in [0.15, 0.2) is 83.8 Å². The number of anilines is 1. The van der Waals surface area contributed by atoms with Crippen LogP contribution >= 0.6 is 24.0 Å². The van der Waals surface area contributed by atoms with Crippen LogP contribution in [0.25, 0.3) is 6.08 Å². The van der Waals surface area contributed by atoms with Crippen molar-refractivity contribution in [2.75, 3.05) is 18.5 Å². The molecule has 7 heteroatoms. The Labute approximate surface area is 215 Å². The van der Waals surface area contributed by atoms with E-state index in [1.54, 1.807) is 17.0 Å². The minimum Gasteiger partial charge on any atom is -0.484 e. The number of carbonyl (C=O) groups is 2. The van der Waals surface area contributed by atoms with E-state index in [1.165, 1.54) is 17.3 Å². The number of rotatable bonds is 9. The van der Waals surface area contributed by atoms with E-state index in [2.05, 4.69) is 5.32 Å². The standard InChI is InChI=1S/C28H26N2O3S2/c1-2-22-10-6-7-11-24(22)29-26(31)19-33-23-14-12-21(13-15-23)18-25-27(32)30(28(34)35-25)17-16-20-8-4-3-5-9-20/h3-15,18H,2,16-17,19H2,1H3,(H,29,31)/b25-18-. The smallest absolute Gasteiger partial charge is 0.266 e. The van der Waals surface area contributed by atoms with Crippen LogP contribution in [-0.4, -0.2) is 34.2 Å². The molecule has 0 radical (unpaired) electrons. The molecular weight excluding hydrogens is 476 g/mol. The summed E-state index contributed by atoms with van der Waals surface area (Å²) in [4.78, 5) is 27.4. The lowest BCUT2D eigenvalue weighted by molar-refractivity contribution is -0.122. The van der Waals surface area contributed by atoms with Crippen LogP contribution in [0.2, 0.25) is 0 Å². The third-order valence-electron chi connectivity index (χ3n) is 5.56. The molecule has 2 amide bonds. The first kappa shape index (κ1) is 24.7. The number of amides is 2. The van der Waals surface area contributed by atoms with Crippen LogP contribution in [0, 0.1) is 0 Å². The molecule has 1 fully saturated rings. The molecule has 1 saturated heterocycles. The molecule has 1 aliphatic heterocycles. The zero-order valence-electron chi connectivity index (χ0n) is 19.4. The SMILES string of the molecule is CCc1ccccc1NC(=O)COc1ccc(/C=C2\SC(=S)N(CCc3ccccc3)C2=O)cc1. The first-order valence-corrected chi connectivity index (χ1v) is 12.7. The molecule has 3 aromatic rings. The van der Waals surface area contributed by atoms with Gasteiger partial charge < -0.3 is 10.1 Å². The van der Waals surface area contributed by atoms with Crippen molar-refractivity contribution in [1.29, 1.82) is 0 Å². The zero-order chi connectivity index (χ0) is 24.6. The summed E-state index contributed by atoms with van der Waals surface area (Å²) < 4.78 is 6.21. The van der Waals surface area contributed by atoms with Crippen LogP contribution in [0.5, 0.6) is 5.75 Å². The highest BCUT2D eigenvalue weighted by Crippen LogP contribution is 2.33. The Balaban J connectivity index is 1.31. The summed E-state index contributed by atoms with van der Waals surface area (Å²) in [5, 5.41) is 2.89. The van der Waals surface area contributed by atoms with Gasteiger partial charge in [-0.25, -0.2) is 0 Å². The summed E-state index contributed by atoms with van der Waals surface area (Å²) >= 11 is 6.76. The van der Waals surface area contributed by atoms with Gasteiger partial charge in [-0.05, 0) is 53.8 Å². The monoisotopic (exact) mass is 502 g/mol. The minimum atomic E-state index is -0.214. The van der Waals surface area contributed by atoms with Crippen LogP contribution in [0.1, 0.15) is 23.6 Å². The van der Waals surface area contributed by atoms with Crippen LogP contribution in [0.4, 0.5) is 5.69 Å². The number of benzene rings is 3. The Kier molecular flexibility index (Phi) is 8.34. The van der Waals surface area contributed by atoms with Gasteiger partial charge in [0.2, 0.25) is 0 Å². The molecule has 0 spiro atoms. The number of ether oxygens (including phenoxy) is 1. The van der Waals surface area contributed by atoms with E-state index in [1.807, 2.05) is 79.7 Å². The Morgan fingerprint density at radius 1 is 1.03 bits per heavy atom. The number of nitrogens with zero attached hydrogens (tertiary/aromatic N) is 1. The highest BCUT2D eigenvalue weighted by Gasteiger charge is 2.31. The van der Waals surface area contributed by atoms with Gasteiger partial charge in [-0.1, -0.05) is 91.6 Å². The number of para-hydroxylation sites is 1. The summed E-state index contributed by atoms with van der Waals surface area (Å²) in [5.74, 6) is 0.297. The topological polar surface area (TPSA) is 58.6 Å². The summed E-state index contributed by atoms with van der Waals surface area (Å²) in [7, 11) is 0. The molecule has 5 nitrogen and oxygen atoms in total. The van der Waals surface area contributed by atoms with Gasteiger partial charge in [0.05, 0.1) is 4.91 Å². The third-order valence-corrected chi connectivity index (χ3v) is 6.94. The molecule has 1 N–H and O–H groups in total. The molecule has 178 valence electrons. The fraction of sp³-hybridized carbons (Fsp3) is 0.179.